The molecular weight excluding hydrogens is 270 g/mol. The number of ether oxygens (including phenoxy) is 1. The largest absolute Gasteiger partial charge is 0.495 e. The summed E-state index contributed by atoms with van der Waals surface area (Å²) >= 11 is 3.41. The van der Waals surface area contributed by atoms with Gasteiger partial charge >= 0.3 is 0 Å². The average Bonchev–Trinajstić information content (AvgIpc) is 2.16. The van der Waals surface area contributed by atoms with Crippen LogP contribution in [0.3, 0.4) is 0 Å². The Hall–Kier alpha value is -0.740. The second-order valence-corrected chi connectivity index (χ2v) is 5.25. The Morgan fingerprint density at radius 1 is 1.44 bits per heavy atom. The van der Waals surface area contributed by atoms with Crippen molar-refractivity contribution >= 4 is 21.6 Å². The van der Waals surface area contributed by atoms with Crippen LogP contribution in [-0.2, 0) is 0 Å². The van der Waals surface area contributed by atoms with Crippen molar-refractivity contribution in [3.05, 3.63) is 22.7 Å². The molecule has 0 radical (unpaired) electrons. The van der Waals surface area contributed by atoms with Gasteiger partial charge in [-0.25, -0.2) is 0 Å². The van der Waals surface area contributed by atoms with Crippen LogP contribution in [-0.4, -0.2) is 24.4 Å². The molecule has 1 aromatic carbocycles. The van der Waals surface area contributed by atoms with Gasteiger partial charge in [0.15, 0.2) is 0 Å². The third-order valence-electron chi connectivity index (χ3n) is 2.21. The Balaban J connectivity index is 2.62. The van der Waals surface area contributed by atoms with Gasteiger partial charge in [0.05, 0.1) is 18.4 Å². The quantitative estimate of drug-likeness (QED) is 0.875. The third-order valence-corrected chi connectivity index (χ3v) is 2.71. The fraction of sp³-hybridized carbons (Fsp3) is 0.500. The zero-order chi connectivity index (χ0) is 12.2. The van der Waals surface area contributed by atoms with Crippen molar-refractivity contribution in [2.75, 3.05) is 19.0 Å². The first kappa shape index (κ1) is 13.3. The average molecular weight is 288 g/mol. The molecule has 0 spiro atoms. The minimum Gasteiger partial charge on any atom is -0.495 e. The van der Waals surface area contributed by atoms with Crippen LogP contribution < -0.4 is 10.1 Å². The van der Waals surface area contributed by atoms with Crippen LogP contribution in [0, 0.1) is 0 Å². The summed E-state index contributed by atoms with van der Waals surface area (Å²) in [6.45, 7) is 4.30. The van der Waals surface area contributed by atoms with E-state index in [1.54, 1.807) is 21.0 Å². The first-order valence-corrected chi connectivity index (χ1v) is 6.01. The molecule has 0 heterocycles. The molecule has 0 aliphatic carbocycles. The van der Waals surface area contributed by atoms with Crippen molar-refractivity contribution in [1.29, 1.82) is 0 Å². The molecular formula is C12H18BrNO2. The van der Waals surface area contributed by atoms with Gasteiger partial charge in [0, 0.05) is 11.0 Å². The molecule has 1 rings (SSSR count). The molecule has 0 aliphatic rings. The summed E-state index contributed by atoms with van der Waals surface area (Å²) in [7, 11) is 1.64. The number of halogens is 1. The molecule has 4 heteroatoms. The molecule has 2 N–H and O–H groups in total. The number of aliphatic hydroxyl groups is 1. The summed E-state index contributed by atoms with van der Waals surface area (Å²) < 4.78 is 6.24. The maximum absolute atomic E-state index is 9.60. The Morgan fingerprint density at radius 3 is 2.69 bits per heavy atom. The summed E-state index contributed by atoms with van der Waals surface area (Å²) in [5.41, 5.74) is 0.285. The van der Waals surface area contributed by atoms with Crippen LogP contribution in [0.4, 0.5) is 5.69 Å². The van der Waals surface area contributed by atoms with Crippen molar-refractivity contribution in [2.45, 2.75) is 25.9 Å². The van der Waals surface area contributed by atoms with Crippen LogP contribution in [0.1, 0.15) is 20.3 Å². The lowest BCUT2D eigenvalue weighted by molar-refractivity contribution is 0.0748. The molecule has 90 valence electrons. The number of nitrogens with one attached hydrogen (secondary N) is 1. The smallest absolute Gasteiger partial charge is 0.142 e. The normalized spacial score (nSPS) is 11.3. The lowest BCUT2D eigenvalue weighted by Gasteiger charge is -2.18. The van der Waals surface area contributed by atoms with Gasteiger partial charge in [-0.15, -0.1) is 0 Å². The van der Waals surface area contributed by atoms with Gasteiger partial charge in [-0.2, -0.15) is 0 Å². The van der Waals surface area contributed by atoms with Gasteiger partial charge in [0.2, 0.25) is 0 Å². The Bertz CT molecular complexity index is 347. The van der Waals surface area contributed by atoms with E-state index in [0.717, 1.165) is 15.9 Å². The van der Waals surface area contributed by atoms with Gasteiger partial charge in [-0.1, -0.05) is 15.9 Å². The molecule has 0 saturated carbocycles. The monoisotopic (exact) mass is 287 g/mol. The van der Waals surface area contributed by atoms with Crippen LogP contribution >= 0.6 is 15.9 Å². The summed E-state index contributed by atoms with van der Waals surface area (Å²) in [4.78, 5) is 0. The fourth-order valence-corrected chi connectivity index (χ4v) is 1.68. The van der Waals surface area contributed by atoms with Crippen molar-refractivity contribution in [1.82, 2.24) is 0 Å². The number of hydrogen-bond acceptors (Lipinski definition) is 3. The number of methoxy groups -OCH3 is 1. The highest BCUT2D eigenvalue weighted by Gasteiger charge is 2.12. The van der Waals surface area contributed by atoms with Gasteiger partial charge < -0.3 is 15.2 Å². The third kappa shape index (κ3) is 4.41. The van der Waals surface area contributed by atoms with Crippen LogP contribution in [0.15, 0.2) is 22.7 Å². The van der Waals surface area contributed by atoms with Gasteiger partial charge in [0.25, 0.3) is 0 Å². The van der Waals surface area contributed by atoms with Crippen LogP contribution in [0.5, 0.6) is 5.75 Å². The topological polar surface area (TPSA) is 41.5 Å². The number of benzene rings is 1. The summed E-state index contributed by atoms with van der Waals surface area (Å²) in [5.74, 6) is 0.805. The molecule has 0 bridgehead atoms. The molecule has 3 nitrogen and oxygen atoms in total. The molecule has 0 aliphatic heterocycles. The SMILES string of the molecule is COc1ccc(Br)cc1NCCC(C)(C)O. The van der Waals surface area contributed by atoms with E-state index in [1.807, 2.05) is 18.2 Å². The standard InChI is InChI=1S/C12H18BrNO2/c1-12(2,15)6-7-14-10-8-9(13)4-5-11(10)16-3/h4-5,8,14-15H,6-7H2,1-3H3. The molecule has 0 atom stereocenters. The highest BCUT2D eigenvalue weighted by molar-refractivity contribution is 9.10. The first-order chi connectivity index (χ1) is 7.42. The highest BCUT2D eigenvalue weighted by atomic mass is 79.9. The Labute approximate surface area is 105 Å². The molecule has 0 fully saturated rings. The highest BCUT2D eigenvalue weighted by Crippen LogP contribution is 2.28. The van der Waals surface area contributed by atoms with E-state index < -0.39 is 5.60 Å². The maximum atomic E-state index is 9.60. The van der Waals surface area contributed by atoms with Crippen molar-refractivity contribution in [3.63, 3.8) is 0 Å². The molecule has 0 amide bonds. The lowest BCUT2D eigenvalue weighted by atomic mass is 10.1. The van der Waals surface area contributed by atoms with Crippen molar-refractivity contribution in [3.8, 4) is 5.75 Å². The van der Waals surface area contributed by atoms with Crippen molar-refractivity contribution in [2.24, 2.45) is 0 Å². The van der Waals surface area contributed by atoms with Crippen molar-refractivity contribution < 1.29 is 9.84 Å². The Kier molecular flexibility index (Phi) is 4.62. The summed E-state index contributed by atoms with van der Waals surface area (Å²) in [6, 6.07) is 5.79. The zero-order valence-electron chi connectivity index (χ0n) is 9.88. The maximum Gasteiger partial charge on any atom is 0.142 e. The van der Waals surface area contributed by atoms with Gasteiger partial charge in [-0.05, 0) is 38.5 Å². The van der Waals surface area contributed by atoms with Gasteiger partial charge in [-0.3, -0.25) is 0 Å². The van der Waals surface area contributed by atoms with E-state index in [0.29, 0.717) is 13.0 Å². The molecule has 1 aromatic rings. The predicted octanol–water partition coefficient (Wildman–Crippen LogP) is 3.03. The number of hydrogen-bond donors (Lipinski definition) is 2. The van der Waals surface area contributed by atoms with E-state index in [1.165, 1.54) is 0 Å². The minimum absolute atomic E-state index is 0.647. The van der Waals surface area contributed by atoms with Gasteiger partial charge in [0.1, 0.15) is 5.75 Å². The second kappa shape index (κ2) is 5.55. The van der Waals surface area contributed by atoms with Crippen LogP contribution in [0.25, 0.3) is 0 Å². The molecule has 16 heavy (non-hydrogen) atoms. The van der Waals surface area contributed by atoms with E-state index >= 15 is 0 Å². The fourth-order valence-electron chi connectivity index (χ4n) is 1.32. The zero-order valence-corrected chi connectivity index (χ0v) is 11.5. The second-order valence-electron chi connectivity index (χ2n) is 4.33. The number of rotatable bonds is 5. The lowest BCUT2D eigenvalue weighted by Crippen LogP contribution is -2.22. The molecule has 0 saturated heterocycles. The van der Waals surface area contributed by atoms with E-state index in [2.05, 4.69) is 21.2 Å². The molecule has 0 unspecified atom stereocenters. The minimum atomic E-state index is -0.647. The number of anilines is 1. The van der Waals surface area contributed by atoms with E-state index in [9.17, 15) is 5.11 Å². The first-order valence-electron chi connectivity index (χ1n) is 5.22. The van der Waals surface area contributed by atoms with Crippen LogP contribution in [0.2, 0.25) is 0 Å². The summed E-state index contributed by atoms with van der Waals surface area (Å²) in [5, 5.41) is 12.8. The Morgan fingerprint density at radius 2 is 2.12 bits per heavy atom. The predicted molar refractivity (Wildman–Crippen MR) is 70.1 cm³/mol. The molecule has 0 aromatic heterocycles. The van der Waals surface area contributed by atoms with E-state index in [-0.39, 0.29) is 0 Å². The summed E-state index contributed by atoms with van der Waals surface area (Å²) in [6.07, 6.45) is 0.683. The van der Waals surface area contributed by atoms with E-state index in [4.69, 9.17) is 4.74 Å².